The van der Waals surface area contributed by atoms with Gasteiger partial charge in [0.2, 0.25) is 0 Å². The molecule has 2 N–H and O–H groups in total. The number of aromatic nitrogens is 1. The largest absolute Gasteiger partial charge is 0.382 e. The van der Waals surface area contributed by atoms with E-state index < -0.39 is 11.7 Å². The first kappa shape index (κ1) is 15.4. The number of ether oxygens (including phenoxy) is 1. The van der Waals surface area contributed by atoms with E-state index in [9.17, 15) is 9.18 Å². The molecule has 0 unspecified atom stereocenters. The molecule has 0 atom stereocenters. The van der Waals surface area contributed by atoms with E-state index in [1.165, 1.54) is 12.3 Å². The van der Waals surface area contributed by atoms with Gasteiger partial charge in [0.25, 0.3) is 5.91 Å². The van der Waals surface area contributed by atoms with Crippen LogP contribution in [0.4, 0.5) is 10.2 Å². The van der Waals surface area contributed by atoms with Gasteiger partial charge in [0.05, 0.1) is 5.56 Å². The number of hydrogen-bond acceptors (Lipinski definition) is 4. The first-order chi connectivity index (χ1) is 9.20. The number of pyridine rings is 1. The van der Waals surface area contributed by atoms with Crippen molar-refractivity contribution in [3.8, 4) is 0 Å². The molecule has 0 fully saturated rings. The number of halogens is 1. The van der Waals surface area contributed by atoms with Crippen LogP contribution in [0.1, 0.15) is 30.6 Å². The van der Waals surface area contributed by atoms with Gasteiger partial charge >= 0.3 is 0 Å². The summed E-state index contributed by atoms with van der Waals surface area (Å²) in [6.45, 7) is 5.98. The topological polar surface area (TPSA) is 63.2 Å². The number of hydrogen-bond donors (Lipinski definition) is 2. The van der Waals surface area contributed by atoms with Crippen LogP contribution >= 0.6 is 0 Å². The summed E-state index contributed by atoms with van der Waals surface area (Å²) in [5.74, 6) is -0.952. The van der Waals surface area contributed by atoms with E-state index in [4.69, 9.17) is 4.74 Å². The Balaban J connectivity index is 2.54. The highest BCUT2D eigenvalue weighted by molar-refractivity contribution is 5.95. The minimum atomic E-state index is -0.619. The normalized spacial score (nSPS) is 10.3. The molecule has 0 radical (unpaired) electrons. The van der Waals surface area contributed by atoms with Crippen LogP contribution in [0, 0.1) is 5.82 Å². The van der Waals surface area contributed by atoms with Gasteiger partial charge < -0.3 is 15.4 Å². The molecule has 0 aliphatic heterocycles. The Labute approximate surface area is 112 Å². The van der Waals surface area contributed by atoms with Gasteiger partial charge in [0.15, 0.2) is 11.6 Å². The Bertz CT molecular complexity index is 413. The third-order valence-corrected chi connectivity index (χ3v) is 2.43. The molecule has 0 aliphatic carbocycles. The molecule has 1 aromatic heterocycles. The summed E-state index contributed by atoms with van der Waals surface area (Å²) in [4.78, 5) is 15.7. The van der Waals surface area contributed by atoms with Crippen LogP contribution in [-0.4, -0.2) is 37.2 Å². The molecule has 1 amide bonds. The van der Waals surface area contributed by atoms with E-state index >= 15 is 0 Å². The summed E-state index contributed by atoms with van der Waals surface area (Å²) in [6.07, 6.45) is 2.11. The fourth-order valence-corrected chi connectivity index (χ4v) is 1.53. The molecular weight excluding hydrogens is 249 g/mol. The molecule has 0 spiro atoms. The number of rotatable bonds is 8. The molecule has 6 heteroatoms. The van der Waals surface area contributed by atoms with Crippen LogP contribution in [0.25, 0.3) is 0 Å². The summed E-state index contributed by atoms with van der Waals surface area (Å²) in [5.41, 5.74) is 0.00219. The van der Waals surface area contributed by atoms with Gasteiger partial charge in [-0.05, 0) is 26.3 Å². The Morgan fingerprint density at radius 3 is 2.95 bits per heavy atom. The fourth-order valence-electron chi connectivity index (χ4n) is 1.53. The van der Waals surface area contributed by atoms with E-state index in [0.717, 1.165) is 0 Å². The van der Waals surface area contributed by atoms with Crippen molar-refractivity contribution in [3.63, 3.8) is 0 Å². The quantitative estimate of drug-likeness (QED) is 0.706. The first-order valence-electron chi connectivity index (χ1n) is 6.45. The van der Waals surface area contributed by atoms with Crippen molar-refractivity contribution in [2.75, 3.05) is 31.6 Å². The minimum absolute atomic E-state index is 0.00219. The lowest BCUT2D eigenvalue weighted by molar-refractivity contribution is 0.0940. The first-order valence-corrected chi connectivity index (χ1v) is 6.45. The number of nitrogens with zero attached hydrogens (tertiary/aromatic N) is 1. The van der Waals surface area contributed by atoms with Gasteiger partial charge in [-0.15, -0.1) is 0 Å². The molecule has 0 aromatic carbocycles. The van der Waals surface area contributed by atoms with Gasteiger partial charge in [-0.3, -0.25) is 4.79 Å². The molecule has 5 nitrogen and oxygen atoms in total. The second-order valence-electron chi connectivity index (χ2n) is 3.86. The predicted octanol–water partition coefficient (Wildman–Crippen LogP) is 1.81. The maximum Gasteiger partial charge on any atom is 0.254 e. The molecule has 0 saturated carbocycles. The third-order valence-electron chi connectivity index (χ3n) is 2.43. The Hall–Kier alpha value is -1.69. The van der Waals surface area contributed by atoms with E-state index in [1.807, 2.05) is 13.8 Å². The predicted molar refractivity (Wildman–Crippen MR) is 71.8 cm³/mol. The SMILES string of the molecule is CCNc1nccc(C(=O)NCCCOCC)c1F. The smallest absolute Gasteiger partial charge is 0.254 e. The number of nitrogens with one attached hydrogen (secondary N) is 2. The van der Waals surface area contributed by atoms with Crippen LogP contribution in [0.15, 0.2) is 12.3 Å². The zero-order valence-electron chi connectivity index (χ0n) is 11.3. The van der Waals surface area contributed by atoms with Crippen molar-refractivity contribution >= 4 is 11.7 Å². The summed E-state index contributed by atoms with van der Waals surface area (Å²) < 4.78 is 19.1. The molecule has 1 rings (SSSR count). The second kappa shape index (κ2) is 8.42. The van der Waals surface area contributed by atoms with Crippen LogP contribution in [-0.2, 0) is 4.74 Å². The van der Waals surface area contributed by atoms with Gasteiger partial charge in [-0.25, -0.2) is 9.37 Å². The highest BCUT2D eigenvalue weighted by Gasteiger charge is 2.15. The van der Waals surface area contributed by atoms with Gasteiger partial charge in [0.1, 0.15) is 0 Å². The Kier molecular flexibility index (Phi) is 6.81. The van der Waals surface area contributed by atoms with Crippen LogP contribution in [0.2, 0.25) is 0 Å². The van der Waals surface area contributed by atoms with Crippen LogP contribution in [0.3, 0.4) is 0 Å². The van der Waals surface area contributed by atoms with E-state index in [2.05, 4.69) is 15.6 Å². The van der Waals surface area contributed by atoms with Crippen molar-refractivity contribution in [2.24, 2.45) is 0 Å². The standard InChI is InChI=1S/C13H20FN3O2/c1-3-15-12-11(14)10(6-8-16-12)13(18)17-7-5-9-19-4-2/h6,8H,3-5,7,9H2,1-2H3,(H,15,16)(H,17,18). The van der Waals surface area contributed by atoms with Crippen LogP contribution in [0.5, 0.6) is 0 Å². The molecule has 0 aliphatic rings. The molecule has 1 aromatic rings. The van der Waals surface area contributed by atoms with Crippen LogP contribution < -0.4 is 10.6 Å². The second-order valence-corrected chi connectivity index (χ2v) is 3.86. The number of carbonyl (C=O) groups excluding carboxylic acids is 1. The highest BCUT2D eigenvalue weighted by Crippen LogP contribution is 2.14. The summed E-state index contributed by atoms with van der Waals surface area (Å²) in [7, 11) is 0. The highest BCUT2D eigenvalue weighted by atomic mass is 19.1. The minimum Gasteiger partial charge on any atom is -0.382 e. The van der Waals surface area contributed by atoms with Gasteiger partial charge in [-0.1, -0.05) is 0 Å². The van der Waals surface area contributed by atoms with E-state index in [-0.39, 0.29) is 11.4 Å². The fraction of sp³-hybridized carbons (Fsp3) is 0.538. The number of carbonyl (C=O) groups is 1. The zero-order valence-corrected chi connectivity index (χ0v) is 11.3. The average molecular weight is 269 g/mol. The van der Waals surface area contributed by atoms with Gasteiger partial charge in [0, 0.05) is 32.5 Å². The van der Waals surface area contributed by atoms with Gasteiger partial charge in [-0.2, -0.15) is 0 Å². The molecular formula is C13H20FN3O2. The molecule has 19 heavy (non-hydrogen) atoms. The van der Waals surface area contributed by atoms with E-state index in [0.29, 0.717) is 32.7 Å². The van der Waals surface area contributed by atoms with Crippen molar-refractivity contribution in [1.29, 1.82) is 0 Å². The summed E-state index contributed by atoms with van der Waals surface area (Å²) in [5, 5.41) is 5.42. The third kappa shape index (κ3) is 4.82. The van der Waals surface area contributed by atoms with Crippen molar-refractivity contribution in [3.05, 3.63) is 23.6 Å². The van der Waals surface area contributed by atoms with Crippen molar-refractivity contribution < 1.29 is 13.9 Å². The maximum absolute atomic E-state index is 13.9. The number of anilines is 1. The Morgan fingerprint density at radius 1 is 1.47 bits per heavy atom. The molecule has 0 bridgehead atoms. The average Bonchev–Trinajstić information content (AvgIpc) is 2.41. The molecule has 106 valence electrons. The lowest BCUT2D eigenvalue weighted by Gasteiger charge is -2.09. The van der Waals surface area contributed by atoms with Crippen molar-refractivity contribution in [1.82, 2.24) is 10.3 Å². The lowest BCUT2D eigenvalue weighted by atomic mass is 10.2. The monoisotopic (exact) mass is 269 g/mol. The van der Waals surface area contributed by atoms with E-state index in [1.54, 1.807) is 0 Å². The lowest BCUT2D eigenvalue weighted by Crippen LogP contribution is -2.26. The Morgan fingerprint density at radius 2 is 2.26 bits per heavy atom. The maximum atomic E-state index is 13.9. The summed E-state index contributed by atoms with van der Waals surface area (Å²) >= 11 is 0. The zero-order chi connectivity index (χ0) is 14.1. The van der Waals surface area contributed by atoms with Crippen molar-refractivity contribution in [2.45, 2.75) is 20.3 Å². The molecule has 1 heterocycles. The molecule has 0 saturated heterocycles. The number of amides is 1. The summed E-state index contributed by atoms with van der Waals surface area (Å²) in [6, 6.07) is 1.37.